The molecule has 1 saturated heterocycles. The van der Waals surface area contributed by atoms with Crippen molar-refractivity contribution in [3.63, 3.8) is 0 Å². The van der Waals surface area contributed by atoms with Gasteiger partial charge in [-0.25, -0.2) is 39.5 Å². The highest BCUT2D eigenvalue weighted by Crippen LogP contribution is 2.40. The van der Waals surface area contributed by atoms with Crippen molar-refractivity contribution in [1.82, 2.24) is 9.62 Å². The van der Waals surface area contributed by atoms with Gasteiger partial charge < -0.3 is 9.74 Å². The summed E-state index contributed by atoms with van der Waals surface area (Å²) in [6.07, 6.45) is -0.809. The van der Waals surface area contributed by atoms with Gasteiger partial charge in [-0.2, -0.15) is 0 Å². The lowest BCUT2D eigenvalue weighted by molar-refractivity contribution is -0.00123. The molecule has 0 aliphatic carbocycles. The smallest absolute Gasteiger partial charge is 0.282 e. The fourth-order valence-corrected chi connectivity index (χ4v) is 4.71. The van der Waals surface area contributed by atoms with Crippen LogP contribution in [0.1, 0.15) is 18.1 Å². The van der Waals surface area contributed by atoms with Crippen molar-refractivity contribution in [2.75, 3.05) is 19.3 Å². The molecule has 1 fully saturated rings. The molecule has 178 valence electrons. The van der Waals surface area contributed by atoms with Gasteiger partial charge in [0.25, 0.3) is 5.92 Å². The summed E-state index contributed by atoms with van der Waals surface area (Å²) in [5.41, 5.74) is -1.50. The number of halogens is 6. The van der Waals surface area contributed by atoms with Crippen molar-refractivity contribution in [1.29, 1.82) is 0 Å². The predicted octanol–water partition coefficient (Wildman–Crippen LogP) is 3.55. The zero-order valence-corrected chi connectivity index (χ0v) is 17.8. The van der Waals surface area contributed by atoms with Gasteiger partial charge in [0.2, 0.25) is 10.0 Å². The fourth-order valence-electron chi connectivity index (χ4n) is 3.94. The first-order valence-corrected chi connectivity index (χ1v) is 11.5. The zero-order chi connectivity index (χ0) is 24.1. The van der Waals surface area contributed by atoms with Crippen LogP contribution in [-0.4, -0.2) is 50.5 Å². The van der Waals surface area contributed by atoms with Crippen LogP contribution in [0.5, 0.6) is 0 Å². The number of oxime groups is 1. The molecule has 0 aromatic heterocycles. The minimum Gasteiger partial charge on any atom is -0.386 e. The molecule has 2 atom stereocenters. The van der Waals surface area contributed by atoms with E-state index in [-0.39, 0.29) is 12.3 Å². The highest BCUT2D eigenvalue weighted by molar-refractivity contribution is 7.88. The van der Waals surface area contributed by atoms with Crippen LogP contribution in [0.15, 0.2) is 35.5 Å². The van der Waals surface area contributed by atoms with Crippen LogP contribution in [-0.2, 0) is 14.9 Å². The van der Waals surface area contributed by atoms with E-state index in [0.29, 0.717) is 6.07 Å². The number of hydrogen-bond acceptors (Lipinski definition) is 5. The summed E-state index contributed by atoms with van der Waals surface area (Å²) < 4.78 is 111. The molecular weight excluding hydrogens is 476 g/mol. The third-order valence-corrected chi connectivity index (χ3v) is 6.05. The third kappa shape index (κ3) is 4.64. The van der Waals surface area contributed by atoms with Crippen LogP contribution in [0.3, 0.4) is 0 Å². The Labute approximate surface area is 184 Å². The van der Waals surface area contributed by atoms with Crippen LogP contribution in [0, 0.1) is 23.3 Å². The van der Waals surface area contributed by atoms with Gasteiger partial charge in [0.15, 0.2) is 6.10 Å². The Bertz CT molecular complexity index is 1220. The molecule has 0 saturated carbocycles. The quantitative estimate of drug-likeness (QED) is 0.662. The van der Waals surface area contributed by atoms with Gasteiger partial charge in [-0.1, -0.05) is 11.2 Å². The van der Waals surface area contributed by atoms with Crippen LogP contribution in [0.2, 0.25) is 0 Å². The van der Waals surface area contributed by atoms with E-state index in [1.807, 2.05) is 4.72 Å². The number of alkyl halides is 2. The van der Waals surface area contributed by atoms with Gasteiger partial charge in [-0.15, -0.1) is 0 Å². The average Bonchev–Trinajstić information content (AvgIpc) is 3.25. The van der Waals surface area contributed by atoms with Gasteiger partial charge in [0, 0.05) is 23.7 Å². The molecule has 33 heavy (non-hydrogen) atoms. The second kappa shape index (κ2) is 8.20. The largest absolute Gasteiger partial charge is 0.386 e. The molecule has 13 heteroatoms. The van der Waals surface area contributed by atoms with Crippen LogP contribution >= 0.6 is 0 Å². The Balaban J connectivity index is 1.63. The van der Waals surface area contributed by atoms with Crippen LogP contribution in [0.25, 0.3) is 11.1 Å². The summed E-state index contributed by atoms with van der Waals surface area (Å²) in [5, 5.41) is 3.70. The minimum absolute atomic E-state index is 0.0406. The normalized spacial score (nSPS) is 22.4. The van der Waals surface area contributed by atoms with E-state index in [9.17, 15) is 34.8 Å². The molecule has 2 aliphatic heterocycles. The van der Waals surface area contributed by atoms with Crippen molar-refractivity contribution < 1.29 is 39.6 Å². The molecule has 6 nitrogen and oxygen atoms in total. The second-order valence-corrected chi connectivity index (χ2v) is 9.62. The molecule has 2 heterocycles. The lowest BCUT2D eigenvalue weighted by Gasteiger charge is -2.18. The molecule has 2 aromatic carbocycles. The first-order valence-electron chi connectivity index (χ1n) is 9.62. The number of hydrogen-bond donors (Lipinski definition) is 1. The number of likely N-dealkylation sites (tertiary alicyclic amines) is 1. The number of sulfonamides is 1. The molecule has 2 aliphatic rings. The van der Waals surface area contributed by atoms with E-state index in [4.69, 9.17) is 4.84 Å². The van der Waals surface area contributed by atoms with Crippen molar-refractivity contribution in [3.05, 3.63) is 59.2 Å². The monoisotopic (exact) mass is 493 g/mol. The van der Waals surface area contributed by atoms with E-state index < -0.39 is 81.1 Å². The first-order chi connectivity index (χ1) is 15.4. The summed E-state index contributed by atoms with van der Waals surface area (Å²) in [6, 6.07) is 2.46. The Morgan fingerprint density at radius 1 is 1.12 bits per heavy atom. The average molecular weight is 493 g/mol. The number of rotatable bonds is 4. The molecule has 0 amide bonds. The maximum absolute atomic E-state index is 14.8. The van der Waals surface area contributed by atoms with Gasteiger partial charge in [0.05, 0.1) is 24.8 Å². The lowest BCUT2D eigenvalue weighted by atomic mass is 9.93. The van der Waals surface area contributed by atoms with Crippen LogP contribution in [0.4, 0.5) is 26.3 Å². The standard InChI is InChI=1S/C20H17F6N3O3S/c1-33(30,31)28-16-8-29(9-20(16,25)26)17-7-15(32-27-17)19-11(5-10(21)6-14(19)24)18-12(22)3-2-4-13(18)23/h2-6,15-16,28H,7-9H2,1H3/t15?,16-/m1/s1. The maximum atomic E-state index is 14.8. The summed E-state index contributed by atoms with van der Waals surface area (Å²) in [6.45, 7) is -1.31. The van der Waals surface area contributed by atoms with Crippen molar-refractivity contribution >= 4 is 15.9 Å². The van der Waals surface area contributed by atoms with E-state index in [0.717, 1.165) is 35.4 Å². The van der Waals surface area contributed by atoms with Gasteiger partial charge in [-0.3, -0.25) is 0 Å². The van der Waals surface area contributed by atoms with Gasteiger partial charge in [-0.05, 0) is 18.2 Å². The molecule has 2 aromatic rings. The molecule has 1 unspecified atom stereocenters. The Kier molecular flexibility index (Phi) is 5.81. The Morgan fingerprint density at radius 2 is 1.79 bits per heavy atom. The van der Waals surface area contributed by atoms with Crippen LogP contribution < -0.4 is 4.72 Å². The van der Waals surface area contributed by atoms with Gasteiger partial charge >= 0.3 is 0 Å². The fraction of sp³-hybridized carbons (Fsp3) is 0.350. The summed E-state index contributed by atoms with van der Waals surface area (Å²) >= 11 is 0. The molecule has 0 radical (unpaired) electrons. The number of nitrogens with zero attached hydrogens (tertiary/aromatic N) is 2. The molecular formula is C20H17F6N3O3S. The lowest BCUT2D eigenvalue weighted by Crippen LogP contribution is -2.46. The maximum Gasteiger partial charge on any atom is 0.282 e. The highest BCUT2D eigenvalue weighted by atomic mass is 32.2. The number of nitrogens with one attached hydrogen (secondary N) is 1. The Hall–Kier alpha value is -2.80. The summed E-state index contributed by atoms with van der Waals surface area (Å²) in [5.74, 6) is -7.82. The molecule has 0 bridgehead atoms. The summed E-state index contributed by atoms with van der Waals surface area (Å²) in [7, 11) is -3.92. The van der Waals surface area contributed by atoms with E-state index in [2.05, 4.69) is 5.16 Å². The second-order valence-electron chi connectivity index (χ2n) is 7.84. The first kappa shape index (κ1) is 23.4. The Morgan fingerprint density at radius 3 is 2.42 bits per heavy atom. The third-order valence-electron chi connectivity index (χ3n) is 5.34. The van der Waals surface area contributed by atoms with E-state index in [1.54, 1.807) is 0 Å². The topological polar surface area (TPSA) is 71.0 Å². The SMILES string of the molecule is CS(=O)(=O)N[C@@H]1CN(C2=NOC(c3c(F)cc(F)cc3-c3c(F)cccc3F)C2)CC1(F)F. The number of amidine groups is 1. The highest BCUT2D eigenvalue weighted by Gasteiger charge is 2.51. The zero-order valence-electron chi connectivity index (χ0n) is 17.0. The summed E-state index contributed by atoms with van der Waals surface area (Å²) in [4.78, 5) is 6.26. The van der Waals surface area contributed by atoms with Crippen molar-refractivity contribution in [2.24, 2.45) is 5.16 Å². The van der Waals surface area contributed by atoms with Gasteiger partial charge in [0.1, 0.15) is 35.1 Å². The minimum atomic E-state index is -3.92. The van der Waals surface area contributed by atoms with Crippen molar-refractivity contribution in [3.8, 4) is 11.1 Å². The predicted molar refractivity (Wildman–Crippen MR) is 106 cm³/mol. The van der Waals surface area contributed by atoms with E-state index >= 15 is 0 Å². The van der Waals surface area contributed by atoms with Crippen molar-refractivity contribution in [2.45, 2.75) is 24.5 Å². The molecule has 1 N–H and O–H groups in total. The molecule has 4 rings (SSSR count). The van der Waals surface area contributed by atoms with E-state index in [1.165, 1.54) is 0 Å². The number of benzene rings is 2. The molecule has 0 spiro atoms.